The first-order chi connectivity index (χ1) is 19.5. The van der Waals surface area contributed by atoms with Crippen molar-refractivity contribution in [3.8, 4) is 0 Å². The number of thiazole rings is 1. The monoisotopic (exact) mass is 690 g/mol. The number of fused-ring (bicyclic) bond motifs is 2. The Bertz CT molecular complexity index is 1850. The first-order valence-corrected chi connectivity index (χ1v) is 16.9. The molecule has 2 aliphatic heterocycles. The number of nitrogens with two attached hydrogens (primary N) is 1. The third kappa shape index (κ3) is 5.10. The van der Waals surface area contributed by atoms with E-state index < -0.39 is 33.0 Å². The number of primary sulfonamides is 1. The van der Waals surface area contributed by atoms with Crippen molar-refractivity contribution < 1.29 is 22.8 Å². The number of hydrogen-bond donors (Lipinski definition) is 2. The van der Waals surface area contributed by atoms with E-state index in [1.54, 1.807) is 24.3 Å². The molecule has 1 saturated heterocycles. The van der Waals surface area contributed by atoms with Crippen molar-refractivity contribution in [3.63, 3.8) is 0 Å². The van der Waals surface area contributed by atoms with Crippen LogP contribution >= 0.6 is 50.4 Å². The Morgan fingerprint density at radius 1 is 1.00 bits per heavy atom. The molecule has 0 bridgehead atoms. The molecule has 15 heteroatoms. The third-order valence-electron chi connectivity index (χ3n) is 6.75. The summed E-state index contributed by atoms with van der Waals surface area (Å²) in [5.41, 5.74) is 0.794. The summed E-state index contributed by atoms with van der Waals surface area (Å²) in [5, 5.41) is 9.37. The Morgan fingerprint density at radius 3 is 2.34 bits per heavy atom. The summed E-state index contributed by atoms with van der Waals surface area (Å²) in [6.45, 7) is -0.332. The number of carbonyl (C=O) groups is 3. The number of thiophene rings is 1. The fraction of sp³-hybridized carbons (Fsp3) is 0.154. The summed E-state index contributed by atoms with van der Waals surface area (Å²) in [5.74, 6) is -2.44. The number of anilines is 2. The van der Waals surface area contributed by atoms with Crippen LogP contribution in [0.2, 0.25) is 0 Å². The lowest BCUT2D eigenvalue weighted by atomic mass is 9.87. The molecule has 0 radical (unpaired) electrons. The highest BCUT2D eigenvalue weighted by Crippen LogP contribution is 2.54. The van der Waals surface area contributed by atoms with Crippen molar-refractivity contribution in [2.45, 2.75) is 27.6 Å². The number of rotatable bonds is 6. The average Bonchev–Trinajstić information content (AvgIpc) is 3.62. The second-order valence-electron chi connectivity index (χ2n) is 9.29. The quantitative estimate of drug-likeness (QED) is 0.292. The number of sulfonamides is 1. The lowest BCUT2D eigenvalue weighted by Gasteiger charge is -2.29. The number of imide groups is 1. The maximum absolute atomic E-state index is 13.8. The smallest absolute Gasteiger partial charge is 0.308 e. The van der Waals surface area contributed by atoms with Gasteiger partial charge in [-0.3, -0.25) is 23.7 Å². The summed E-state index contributed by atoms with van der Waals surface area (Å²) in [4.78, 5) is 55.9. The second kappa shape index (κ2) is 10.6. The largest absolute Gasteiger partial charge is 0.325 e. The van der Waals surface area contributed by atoms with Crippen LogP contribution in [0.15, 0.2) is 85.2 Å². The van der Waals surface area contributed by atoms with Gasteiger partial charge in [-0.1, -0.05) is 45.1 Å². The van der Waals surface area contributed by atoms with Crippen LogP contribution in [0.3, 0.4) is 0 Å². The number of amides is 3. The fourth-order valence-corrected chi connectivity index (χ4v) is 9.45. The number of carbonyl (C=O) groups excluding carboxylic acids is 3. The minimum atomic E-state index is -3.88. The highest BCUT2D eigenvalue weighted by molar-refractivity contribution is 9.10. The lowest BCUT2D eigenvalue weighted by Crippen LogP contribution is -2.32. The van der Waals surface area contributed by atoms with E-state index in [0.29, 0.717) is 21.3 Å². The van der Waals surface area contributed by atoms with Crippen LogP contribution < -0.4 is 20.2 Å². The summed E-state index contributed by atoms with van der Waals surface area (Å²) < 4.78 is 25.1. The van der Waals surface area contributed by atoms with E-state index in [9.17, 15) is 27.6 Å². The number of benzene rings is 2. The van der Waals surface area contributed by atoms with Crippen molar-refractivity contribution in [1.29, 1.82) is 0 Å². The van der Waals surface area contributed by atoms with Crippen molar-refractivity contribution in [2.24, 2.45) is 11.1 Å². The Kier molecular flexibility index (Phi) is 7.28. The number of hydrogen-bond acceptors (Lipinski definition) is 9. The molecule has 10 nitrogen and oxygen atoms in total. The van der Waals surface area contributed by atoms with Crippen LogP contribution in [0.1, 0.15) is 15.7 Å². The van der Waals surface area contributed by atoms with Gasteiger partial charge >= 0.3 is 4.87 Å². The fourth-order valence-electron chi connectivity index (χ4n) is 4.95. The van der Waals surface area contributed by atoms with Crippen LogP contribution in [0.25, 0.3) is 0 Å². The molecule has 3 atom stereocenters. The highest BCUT2D eigenvalue weighted by Gasteiger charge is 2.57. The van der Waals surface area contributed by atoms with Gasteiger partial charge in [0.15, 0.2) is 0 Å². The normalized spacial score (nSPS) is 20.1. The van der Waals surface area contributed by atoms with Crippen LogP contribution in [0.4, 0.5) is 11.4 Å². The summed E-state index contributed by atoms with van der Waals surface area (Å²) in [7, 11) is -3.88. The third-order valence-corrected chi connectivity index (χ3v) is 11.8. The predicted octanol–water partition coefficient (Wildman–Crippen LogP) is 3.82. The predicted molar refractivity (Wildman–Crippen MR) is 161 cm³/mol. The number of thioether (sulfide) groups is 1. The van der Waals surface area contributed by atoms with Crippen molar-refractivity contribution >= 4 is 89.5 Å². The molecule has 1 fully saturated rings. The highest BCUT2D eigenvalue weighted by atomic mass is 79.9. The second-order valence-corrected chi connectivity index (χ2v) is 14.9. The Labute approximate surface area is 254 Å². The molecule has 4 aromatic rings. The number of aromatic nitrogens is 1. The van der Waals surface area contributed by atoms with E-state index in [0.717, 1.165) is 32.4 Å². The molecule has 2 aromatic carbocycles. The van der Waals surface area contributed by atoms with Crippen molar-refractivity contribution in [3.05, 3.63) is 89.9 Å². The van der Waals surface area contributed by atoms with Crippen molar-refractivity contribution in [1.82, 2.24) is 4.57 Å². The van der Waals surface area contributed by atoms with E-state index in [-0.39, 0.29) is 28.1 Å². The average molecular weight is 692 g/mol. The van der Waals surface area contributed by atoms with Crippen LogP contribution in [-0.2, 0) is 31.0 Å². The molecule has 210 valence electrons. The number of nitrogens with zero attached hydrogens (tertiary/aromatic N) is 2. The minimum absolute atomic E-state index is 0.0999. The number of halogens is 1. The molecule has 2 aliphatic rings. The SMILES string of the molecule is NS(=O)(=O)c1ccc(NC(=O)Cn2c3c(sc2=O)[C@@H](c2cccs2)[C@H]2C(=O)N(c4ccc(Br)cc4)C(=O)[C@H]2S3)cc1. The van der Waals surface area contributed by atoms with Gasteiger partial charge in [0.2, 0.25) is 27.7 Å². The standard InChI is InChI=1S/C26H19BrN4O6S4/c27-13-3-7-15(8-4-13)31-23(33)20-19(17-2-1-11-38-17)22-25(39-21(20)24(31)34)30(26(35)40-22)12-18(32)29-14-5-9-16(10-6-14)41(28,36)37/h1-11,19-21H,12H2,(H,29,32)(H2,28,36,37)/t19-,20+,21-/m0/s1. The van der Waals surface area contributed by atoms with Gasteiger partial charge in [0, 0.05) is 25.8 Å². The topological polar surface area (TPSA) is 149 Å². The van der Waals surface area contributed by atoms with Gasteiger partial charge < -0.3 is 5.32 Å². The van der Waals surface area contributed by atoms with E-state index in [1.807, 2.05) is 17.5 Å². The van der Waals surface area contributed by atoms with Gasteiger partial charge in [-0.25, -0.2) is 18.5 Å². The lowest BCUT2D eigenvalue weighted by molar-refractivity contribution is -0.122. The maximum atomic E-state index is 13.8. The molecule has 0 spiro atoms. The maximum Gasteiger partial charge on any atom is 0.308 e. The minimum Gasteiger partial charge on any atom is -0.325 e. The molecule has 3 amide bonds. The van der Waals surface area contributed by atoms with Crippen LogP contribution in [0, 0.1) is 5.92 Å². The van der Waals surface area contributed by atoms with Crippen molar-refractivity contribution in [2.75, 3.05) is 10.2 Å². The molecule has 2 aromatic heterocycles. The zero-order chi connectivity index (χ0) is 29.1. The Morgan fingerprint density at radius 2 is 1.71 bits per heavy atom. The Hall–Kier alpha value is -3.08. The van der Waals surface area contributed by atoms with Gasteiger partial charge in [0.25, 0.3) is 0 Å². The van der Waals surface area contributed by atoms with E-state index in [4.69, 9.17) is 5.14 Å². The van der Waals surface area contributed by atoms with Gasteiger partial charge in [-0.15, -0.1) is 11.3 Å². The van der Waals surface area contributed by atoms with Gasteiger partial charge in [-0.05, 0) is 60.0 Å². The molecule has 41 heavy (non-hydrogen) atoms. The Balaban J connectivity index is 1.33. The van der Waals surface area contributed by atoms with E-state index in [1.165, 1.54) is 45.1 Å². The molecule has 0 saturated carbocycles. The van der Waals surface area contributed by atoms with Gasteiger partial charge in [0.1, 0.15) is 11.8 Å². The molecule has 0 unspecified atom stereocenters. The van der Waals surface area contributed by atoms with Crippen LogP contribution in [0.5, 0.6) is 0 Å². The number of nitrogens with one attached hydrogen (secondary N) is 1. The summed E-state index contributed by atoms with van der Waals surface area (Å²) in [6.07, 6.45) is 0. The summed E-state index contributed by atoms with van der Waals surface area (Å²) >= 11 is 6.93. The first kappa shape index (κ1) is 28.1. The van der Waals surface area contributed by atoms with Gasteiger partial charge in [0.05, 0.1) is 21.5 Å². The molecular weight excluding hydrogens is 672 g/mol. The molecule has 0 aliphatic carbocycles. The van der Waals surface area contributed by atoms with E-state index in [2.05, 4.69) is 21.2 Å². The molecule has 4 heterocycles. The summed E-state index contributed by atoms with van der Waals surface area (Å²) in [6, 6.07) is 16.0. The van der Waals surface area contributed by atoms with E-state index >= 15 is 0 Å². The molecular formula is C26H19BrN4O6S4. The molecule has 3 N–H and O–H groups in total. The van der Waals surface area contributed by atoms with Crippen LogP contribution in [-0.4, -0.2) is 36.0 Å². The first-order valence-electron chi connectivity index (χ1n) is 12.0. The molecule has 6 rings (SSSR count). The zero-order valence-corrected chi connectivity index (χ0v) is 25.6. The zero-order valence-electron chi connectivity index (χ0n) is 20.7. The van der Waals surface area contributed by atoms with Gasteiger partial charge in [-0.2, -0.15) is 0 Å².